The summed E-state index contributed by atoms with van der Waals surface area (Å²) in [6.45, 7) is 0. The van der Waals surface area contributed by atoms with Crippen LogP contribution in [-0.4, -0.2) is 19.5 Å². The third-order valence-corrected chi connectivity index (χ3v) is 3.26. The van der Waals surface area contributed by atoms with Crippen LogP contribution in [0.4, 0.5) is 0 Å². The van der Waals surface area contributed by atoms with E-state index in [0.29, 0.717) is 14.5 Å². The van der Waals surface area contributed by atoms with E-state index in [0.717, 1.165) is 5.52 Å². The molecule has 1 nitrogen and oxygen atoms in total. The molecule has 0 spiro atoms. The standard InChI is InChI=1S/C9H7N.C4H4Se/c1-2-6-9-8(4-1)5-3-7-10-9;1-2-4-5-3-1/h1-7H;1-4H. The van der Waals surface area contributed by atoms with Crippen LogP contribution in [0.1, 0.15) is 0 Å². The van der Waals surface area contributed by atoms with Crippen LogP contribution in [0.3, 0.4) is 0 Å². The summed E-state index contributed by atoms with van der Waals surface area (Å²) in [4.78, 5) is 8.56. The van der Waals surface area contributed by atoms with Gasteiger partial charge in [-0.25, -0.2) is 0 Å². The molecule has 0 amide bonds. The minimum Gasteiger partial charge on any atom is -0.256 e. The zero-order chi connectivity index (χ0) is 10.3. The first-order chi connectivity index (χ1) is 7.47. The van der Waals surface area contributed by atoms with Gasteiger partial charge >= 0.3 is 36.5 Å². The zero-order valence-corrected chi connectivity index (χ0v) is 9.92. The maximum absolute atomic E-state index is 4.18. The van der Waals surface area contributed by atoms with E-state index < -0.39 is 0 Å². The van der Waals surface area contributed by atoms with Gasteiger partial charge in [0.1, 0.15) is 0 Å². The van der Waals surface area contributed by atoms with Crippen LogP contribution in [0.15, 0.2) is 64.6 Å². The number of aromatic nitrogens is 1. The Balaban J connectivity index is 0.000000144. The molecule has 2 aromatic heterocycles. The van der Waals surface area contributed by atoms with Gasteiger partial charge in [0.2, 0.25) is 0 Å². The molecule has 0 aliphatic heterocycles. The number of nitrogens with zero attached hydrogens (tertiary/aromatic N) is 1. The average Bonchev–Trinajstić information content (AvgIpc) is 2.88. The molecule has 0 aliphatic carbocycles. The molecular weight excluding hydrogens is 249 g/mol. The zero-order valence-electron chi connectivity index (χ0n) is 8.21. The van der Waals surface area contributed by atoms with Gasteiger partial charge < -0.3 is 0 Å². The van der Waals surface area contributed by atoms with Crippen molar-refractivity contribution in [1.29, 1.82) is 0 Å². The van der Waals surface area contributed by atoms with Crippen molar-refractivity contribution in [1.82, 2.24) is 4.98 Å². The number of fused-ring (bicyclic) bond motifs is 1. The third kappa shape index (κ3) is 3.05. The summed E-state index contributed by atoms with van der Waals surface area (Å²) < 4.78 is 0. The quantitative estimate of drug-likeness (QED) is 0.566. The fourth-order valence-corrected chi connectivity index (χ4v) is 2.19. The summed E-state index contributed by atoms with van der Waals surface area (Å²) in [6, 6.07) is 16.3. The Morgan fingerprint density at radius 1 is 0.800 bits per heavy atom. The van der Waals surface area contributed by atoms with Gasteiger partial charge in [0, 0.05) is 11.6 Å². The second-order valence-electron chi connectivity index (χ2n) is 2.99. The summed E-state index contributed by atoms with van der Waals surface area (Å²) in [7, 11) is 0. The van der Waals surface area contributed by atoms with E-state index in [4.69, 9.17) is 0 Å². The average molecular weight is 260 g/mol. The molecule has 0 saturated heterocycles. The third-order valence-electron chi connectivity index (χ3n) is 1.94. The van der Waals surface area contributed by atoms with Crippen LogP contribution in [0.2, 0.25) is 0 Å². The van der Waals surface area contributed by atoms with E-state index >= 15 is 0 Å². The van der Waals surface area contributed by atoms with E-state index in [1.807, 2.05) is 30.5 Å². The second kappa shape index (κ2) is 5.50. The van der Waals surface area contributed by atoms with Crippen LogP contribution in [-0.2, 0) is 0 Å². The Kier molecular flexibility index (Phi) is 3.72. The number of para-hydroxylation sites is 1. The molecule has 1 aromatic carbocycles. The Morgan fingerprint density at radius 3 is 2.20 bits per heavy atom. The van der Waals surface area contributed by atoms with Crippen molar-refractivity contribution < 1.29 is 0 Å². The molecule has 0 aliphatic rings. The Labute approximate surface area is 95.2 Å². The van der Waals surface area contributed by atoms with Crippen LogP contribution in [0.5, 0.6) is 0 Å². The predicted molar refractivity (Wildman–Crippen MR) is 65.1 cm³/mol. The smallest absolute Gasteiger partial charge is 0.0701 e. The molecular formula is C13H11NSe. The molecule has 0 N–H and O–H groups in total. The maximum Gasteiger partial charge on any atom is 0.0701 e. The van der Waals surface area contributed by atoms with Crippen LogP contribution in [0, 0.1) is 0 Å². The first kappa shape index (κ1) is 10.2. The summed E-state index contributed by atoms with van der Waals surface area (Å²) in [5.74, 6) is 0. The van der Waals surface area contributed by atoms with Gasteiger partial charge in [-0.2, -0.15) is 0 Å². The van der Waals surface area contributed by atoms with E-state index in [1.54, 1.807) is 0 Å². The van der Waals surface area contributed by atoms with Crippen molar-refractivity contribution in [3.8, 4) is 0 Å². The van der Waals surface area contributed by atoms with E-state index in [1.165, 1.54) is 5.39 Å². The number of benzene rings is 1. The molecule has 0 saturated carbocycles. The van der Waals surface area contributed by atoms with E-state index in [9.17, 15) is 0 Å². The predicted octanol–water partition coefficient (Wildman–Crippen LogP) is 2.98. The summed E-state index contributed by atoms with van der Waals surface area (Å²) >= 11 is 0.708. The first-order valence-electron chi connectivity index (χ1n) is 4.74. The van der Waals surface area contributed by atoms with Crippen molar-refractivity contribution in [3.05, 3.63) is 64.6 Å². The summed E-state index contributed by atoms with van der Waals surface area (Å²) in [5.41, 5.74) is 1.06. The van der Waals surface area contributed by atoms with Gasteiger partial charge in [-0.3, -0.25) is 4.98 Å². The van der Waals surface area contributed by atoms with Crippen molar-refractivity contribution >= 4 is 25.4 Å². The summed E-state index contributed by atoms with van der Waals surface area (Å²) in [6.07, 6.45) is 1.81. The van der Waals surface area contributed by atoms with Crippen LogP contribution >= 0.6 is 0 Å². The van der Waals surface area contributed by atoms with Crippen molar-refractivity contribution in [3.63, 3.8) is 0 Å². The molecule has 2 heteroatoms. The normalized spacial score (nSPS) is 9.33. The van der Waals surface area contributed by atoms with Crippen molar-refractivity contribution in [2.24, 2.45) is 0 Å². The molecule has 0 atom stereocenters. The van der Waals surface area contributed by atoms with Crippen LogP contribution < -0.4 is 0 Å². The Bertz CT molecular complexity index is 420. The first-order valence-corrected chi connectivity index (χ1v) is 6.71. The summed E-state index contributed by atoms with van der Waals surface area (Å²) in [5, 5.41) is 1.20. The van der Waals surface area contributed by atoms with Gasteiger partial charge in [0.15, 0.2) is 0 Å². The minimum atomic E-state index is 0.708. The van der Waals surface area contributed by atoms with Crippen molar-refractivity contribution in [2.75, 3.05) is 0 Å². The largest absolute Gasteiger partial charge is 0.256 e. The van der Waals surface area contributed by atoms with Gasteiger partial charge in [-0.15, -0.1) is 0 Å². The molecule has 3 aromatic rings. The molecule has 0 bridgehead atoms. The van der Waals surface area contributed by atoms with E-state index in [-0.39, 0.29) is 0 Å². The number of hydrogen-bond acceptors (Lipinski definition) is 1. The molecule has 2 heterocycles. The van der Waals surface area contributed by atoms with Gasteiger partial charge in [0.25, 0.3) is 0 Å². The number of rotatable bonds is 0. The molecule has 74 valence electrons. The van der Waals surface area contributed by atoms with Gasteiger partial charge in [0.05, 0.1) is 5.52 Å². The maximum atomic E-state index is 4.18. The molecule has 0 fully saturated rings. The molecule has 0 radical (unpaired) electrons. The number of pyridine rings is 1. The van der Waals surface area contributed by atoms with E-state index in [2.05, 4.69) is 39.1 Å². The Morgan fingerprint density at radius 2 is 1.53 bits per heavy atom. The number of hydrogen-bond donors (Lipinski definition) is 0. The topological polar surface area (TPSA) is 12.9 Å². The van der Waals surface area contributed by atoms with Gasteiger partial charge in [-0.1, -0.05) is 24.3 Å². The molecule has 15 heavy (non-hydrogen) atoms. The fraction of sp³-hybridized carbons (Fsp3) is 0. The SMILES string of the molecule is c1cc[se]c1.c1ccc2ncccc2c1. The molecule has 0 unspecified atom stereocenters. The molecule has 3 rings (SSSR count). The Hall–Kier alpha value is -1.37. The second-order valence-corrected chi connectivity index (χ2v) is 4.70. The van der Waals surface area contributed by atoms with Crippen LogP contribution in [0.25, 0.3) is 10.9 Å². The van der Waals surface area contributed by atoms with Gasteiger partial charge in [-0.05, 0) is 12.1 Å². The fourth-order valence-electron chi connectivity index (χ4n) is 1.24. The minimum absolute atomic E-state index is 0.708. The van der Waals surface area contributed by atoms with Crippen molar-refractivity contribution in [2.45, 2.75) is 0 Å². The monoisotopic (exact) mass is 261 g/mol.